The lowest BCUT2D eigenvalue weighted by atomic mass is 10.2. The van der Waals surface area contributed by atoms with E-state index in [1.807, 2.05) is 20.0 Å². The van der Waals surface area contributed by atoms with Gasteiger partial charge in [-0.2, -0.15) is 0 Å². The van der Waals surface area contributed by atoms with Gasteiger partial charge in [-0.3, -0.25) is 0 Å². The van der Waals surface area contributed by atoms with Gasteiger partial charge < -0.3 is 10.6 Å². The summed E-state index contributed by atoms with van der Waals surface area (Å²) in [4.78, 5) is 4.36. The van der Waals surface area contributed by atoms with Gasteiger partial charge in [-0.25, -0.2) is 4.98 Å². The Morgan fingerprint density at radius 3 is 2.79 bits per heavy atom. The molecule has 0 unspecified atom stereocenters. The normalized spacial score (nSPS) is 10.3. The van der Waals surface area contributed by atoms with Crippen LogP contribution in [0.3, 0.4) is 0 Å². The molecule has 0 fully saturated rings. The molecule has 0 radical (unpaired) electrons. The molecule has 0 saturated heterocycles. The summed E-state index contributed by atoms with van der Waals surface area (Å²) in [6, 6.07) is 1.96. The Bertz CT molecular complexity index is 312. The van der Waals surface area contributed by atoms with E-state index >= 15 is 0 Å². The minimum absolute atomic E-state index is 0.672. The summed E-state index contributed by atoms with van der Waals surface area (Å²) < 4.78 is 0. The molecule has 0 bridgehead atoms. The molecule has 4 heteroatoms. The SMILES string of the molecule is CCNCc1cc(Cl)c(NC)nc1C. The molecule has 3 nitrogen and oxygen atoms in total. The van der Waals surface area contributed by atoms with Crippen LogP contribution < -0.4 is 10.6 Å². The topological polar surface area (TPSA) is 37.0 Å². The first-order valence-electron chi connectivity index (χ1n) is 4.73. The number of hydrogen-bond acceptors (Lipinski definition) is 3. The van der Waals surface area contributed by atoms with E-state index in [0.717, 1.165) is 30.2 Å². The third-order valence-electron chi connectivity index (χ3n) is 2.07. The minimum atomic E-state index is 0.672. The maximum Gasteiger partial charge on any atom is 0.144 e. The van der Waals surface area contributed by atoms with Gasteiger partial charge in [0.2, 0.25) is 0 Å². The largest absolute Gasteiger partial charge is 0.372 e. The molecule has 2 N–H and O–H groups in total. The van der Waals surface area contributed by atoms with Crippen molar-refractivity contribution >= 4 is 17.4 Å². The predicted octanol–water partition coefficient (Wildman–Crippen LogP) is 2.19. The highest BCUT2D eigenvalue weighted by molar-refractivity contribution is 6.32. The fourth-order valence-corrected chi connectivity index (χ4v) is 1.50. The van der Waals surface area contributed by atoms with Gasteiger partial charge >= 0.3 is 0 Å². The molecule has 1 aromatic heterocycles. The molecule has 0 atom stereocenters. The molecule has 1 rings (SSSR count). The smallest absolute Gasteiger partial charge is 0.144 e. The van der Waals surface area contributed by atoms with Crippen LogP contribution in [0.5, 0.6) is 0 Å². The quantitative estimate of drug-likeness (QED) is 0.805. The number of halogens is 1. The Kier molecular flexibility index (Phi) is 4.17. The molecule has 0 spiro atoms. The van der Waals surface area contributed by atoms with Crippen LogP contribution in [-0.2, 0) is 6.54 Å². The highest BCUT2D eigenvalue weighted by Crippen LogP contribution is 2.21. The number of anilines is 1. The summed E-state index contributed by atoms with van der Waals surface area (Å²) in [7, 11) is 1.82. The van der Waals surface area contributed by atoms with Gasteiger partial charge in [0.05, 0.1) is 5.02 Å². The van der Waals surface area contributed by atoms with E-state index in [0.29, 0.717) is 5.02 Å². The van der Waals surface area contributed by atoms with Gasteiger partial charge in [0.25, 0.3) is 0 Å². The number of nitrogens with zero attached hydrogens (tertiary/aromatic N) is 1. The highest BCUT2D eigenvalue weighted by atomic mass is 35.5. The molecule has 14 heavy (non-hydrogen) atoms. The van der Waals surface area contributed by atoms with Crippen LogP contribution in [0.25, 0.3) is 0 Å². The molecule has 0 aromatic carbocycles. The van der Waals surface area contributed by atoms with Crippen LogP contribution in [0.1, 0.15) is 18.2 Å². The van der Waals surface area contributed by atoms with Gasteiger partial charge in [0, 0.05) is 19.3 Å². The lowest BCUT2D eigenvalue weighted by molar-refractivity contribution is 0.720. The third kappa shape index (κ3) is 2.59. The Hall–Kier alpha value is -0.800. The Morgan fingerprint density at radius 1 is 1.50 bits per heavy atom. The summed E-state index contributed by atoms with van der Waals surface area (Å²) in [6.45, 7) is 5.83. The summed E-state index contributed by atoms with van der Waals surface area (Å²) in [5, 5.41) is 6.88. The van der Waals surface area contributed by atoms with Crippen molar-refractivity contribution in [3.8, 4) is 0 Å². The molecule has 1 aromatic rings. The Labute approximate surface area is 89.9 Å². The van der Waals surface area contributed by atoms with Crippen LogP contribution in [-0.4, -0.2) is 18.6 Å². The van der Waals surface area contributed by atoms with Crippen LogP contribution in [0, 0.1) is 6.92 Å². The molecule has 0 aliphatic heterocycles. The molecule has 0 aliphatic rings. The van der Waals surface area contributed by atoms with Gasteiger partial charge in [-0.15, -0.1) is 0 Å². The van der Waals surface area contributed by atoms with Crippen molar-refractivity contribution in [1.29, 1.82) is 0 Å². The van der Waals surface area contributed by atoms with E-state index in [2.05, 4.69) is 22.5 Å². The zero-order valence-electron chi connectivity index (χ0n) is 8.82. The summed E-state index contributed by atoms with van der Waals surface area (Å²) in [5.74, 6) is 0.740. The standard InChI is InChI=1S/C10H16ClN3/c1-4-13-6-8-5-9(11)10(12-3)14-7(8)2/h5,13H,4,6H2,1-3H3,(H,12,14). The van der Waals surface area contributed by atoms with Gasteiger partial charge in [-0.05, 0) is 25.1 Å². The molecule has 1 heterocycles. The number of aryl methyl sites for hydroxylation is 1. The van der Waals surface area contributed by atoms with Gasteiger partial charge in [-0.1, -0.05) is 18.5 Å². The first-order valence-corrected chi connectivity index (χ1v) is 5.11. The fourth-order valence-electron chi connectivity index (χ4n) is 1.23. The van der Waals surface area contributed by atoms with Crippen LogP contribution in [0.15, 0.2) is 6.07 Å². The van der Waals surface area contributed by atoms with Gasteiger partial charge in [0.1, 0.15) is 5.82 Å². The summed E-state index contributed by atoms with van der Waals surface area (Å²) >= 11 is 6.03. The lowest BCUT2D eigenvalue weighted by Crippen LogP contribution is -2.13. The van der Waals surface area contributed by atoms with Crippen molar-refractivity contribution in [2.45, 2.75) is 20.4 Å². The first-order chi connectivity index (χ1) is 6.69. The van der Waals surface area contributed by atoms with E-state index in [9.17, 15) is 0 Å². The van der Waals surface area contributed by atoms with Crippen molar-refractivity contribution in [3.05, 3.63) is 22.3 Å². The maximum absolute atomic E-state index is 6.03. The summed E-state index contributed by atoms with van der Waals surface area (Å²) in [5.41, 5.74) is 2.16. The fraction of sp³-hybridized carbons (Fsp3) is 0.500. The average Bonchev–Trinajstić information content (AvgIpc) is 2.18. The first kappa shape index (κ1) is 11.3. The molecule has 0 amide bonds. The van der Waals surface area contributed by atoms with Crippen LogP contribution in [0.2, 0.25) is 5.02 Å². The molecule has 0 saturated carbocycles. The number of nitrogens with one attached hydrogen (secondary N) is 2. The molecular weight excluding hydrogens is 198 g/mol. The molecule has 78 valence electrons. The Balaban J connectivity index is 2.90. The van der Waals surface area contributed by atoms with Crippen molar-refractivity contribution < 1.29 is 0 Å². The monoisotopic (exact) mass is 213 g/mol. The number of pyridine rings is 1. The lowest BCUT2D eigenvalue weighted by Gasteiger charge is -2.09. The third-order valence-corrected chi connectivity index (χ3v) is 2.36. The van der Waals surface area contributed by atoms with Crippen molar-refractivity contribution in [2.24, 2.45) is 0 Å². The number of aromatic nitrogens is 1. The highest BCUT2D eigenvalue weighted by Gasteiger charge is 2.05. The zero-order chi connectivity index (χ0) is 10.6. The van der Waals surface area contributed by atoms with Crippen molar-refractivity contribution in [2.75, 3.05) is 18.9 Å². The second kappa shape index (κ2) is 5.17. The summed E-state index contributed by atoms with van der Waals surface area (Å²) in [6.07, 6.45) is 0. The van der Waals surface area contributed by atoms with E-state index in [1.165, 1.54) is 0 Å². The number of hydrogen-bond donors (Lipinski definition) is 2. The maximum atomic E-state index is 6.03. The number of rotatable bonds is 4. The molecular formula is C10H16ClN3. The average molecular weight is 214 g/mol. The van der Waals surface area contributed by atoms with Crippen molar-refractivity contribution in [3.63, 3.8) is 0 Å². The second-order valence-corrected chi connectivity index (χ2v) is 3.50. The minimum Gasteiger partial charge on any atom is -0.372 e. The van der Waals surface area contributed by atoms with Gasteiger partial charge in [0.15, 0.2) is 0 Å². The van der Waals surface area contributed by atoms with E-state index in [4.69, 9.17) is 11.6 Å². The van der Waals surface area contributed by atoms with E-state index < -0.39 is 0 Å². The molecule has 0 aliphatic carbocycles. The van der Waals surface area contributed by atoms with Crippen LogP contribution >= 0.6 is 11.6 Å². The van der Waals surface area contributed by atoms with E-state index in [-0.39, 0.29) is 0 Å². The Morgan fingerprint density at radius 2 is 2.21 bits per heavy atom. The second-order valence-electron chi connectivity index (χ2n) is 3.09. The predicted molar refractivity (Wildman–Crippen MR) is 60.9 cm³/mol. The van der Waals surface area contributed by atoms with E-state index in [1.54, 1.807) is 0 Å². The van der Waals surface area contributed by atoms with Crippen LogP contribution in [0.4, 0.5) is 5.82 Å². The zero-order valence-corrected chi connectivity index (χ0v) is 9.57. The van der Waals surface area contributed by atoms with Crippen molar-refractivity contribution in [1.82, 2.24) is 10.3 Å².